The number of hydrogen-bond acceptors (Lipinski definition) is 3. The Bertz CT molecular complexity index is 483. The highest BCUT2D eigenvalue weighted by molar-refractivity contribution is 5.38. The number of unbranched alkanes of at least 4 members (excludes halogenated alkanes) is 1. The Morgan fingerprint density at radius 1 is 1.41 bits per heavy atom. The SMILES string of the molecule is CCCCNc1nc(C)cn1-c1ccnn1C. The lowest BCUT2D eigenvalue weighted by molar-refractivity contribution is 0.728. The fourth-order valence-corrected chi connectivity index (χ4v) is 1.78. The van der Waals surface area contributed by atoms with Crippen LogP contribution in [-0.4, -0.2) is 25.9 Å². The molecular weight excluding hydrogens is 214 g/mol. The van der Waals surface area contributed by atoms with E-state index in [1.807, 2.05) is 35.5 Å². The zero-order valence-corrected chi connectivity index (χ0v) is 10.6. The van der Waals surface area contributed by atoms with Crippen LogP contribution in [0.25, 0.3) is 5.82 Å². The summed E-state index contributed by atoms with van der Waals surface area (Å²) in [6, 6.07) is 1.98. The monoisotopic (exact) mass is 233 g/mol. The van der Waals surface area contributed by atoms with Gasteiger partial charge in [-0.2, -0.15) is 5.10 Å². The lowest BCUT2D eigenvalue weighted by Crippen LogP contribution is -2.09. The van der Waals surface area contributed by atoms with Crippen molar-refractivity contribution in [1.29, 1.82) is 0 Å². The van der Waals surface area contributed by atoms with Gasteiger partial charge in [-0.15, -0.1) is 0 Å². The van der Waals surface area contributed by atoms with Gasteiger partial charge in [0.05, 0.1) is 11.9 Å². The number of nitrogens with zero attached hydrogens (tertiary/aromatic N) is 4. The Labute approximate surface area is 101 Å². The predicted octanol–water partition coefficient (Wildman–Crippen LogP) is 2.13. The molecule has 5 heteroatoms. The molecule has 0 aliphatic carbocycles. The summed E-state index contributed by atoms with van der Waals surface area (Å²) in [5, 5.41) is 7.54. The summed E-state index contributed by atoms with van der Waals surface area (Å²) in [6.45, 7) is 5.13. The highest BCUT2D eigenvalue weighted by atomic mass is 15.3. The first-order valence-corrected chi connectivity index (χ1v) is 6.00. The number of aromatic nitrogens is 4. The third-order valence-corrected chi connectivity index (χ3v) is 2.68. The van der Waals surface area contributed by atoms with Crippen LogP contribution in [0.2, 0.25) is 0 Å². The normalized spacial score (nSPS) is 10.8. The van der Waals surface area contributed by atoms with Crippen molar-refractivity contribution < 1.29 is 0 Å². The van der Waals surface area contributed by atoms with Crippen molar-refractivity contribution in [3.05, 3.63) is 24.2 Å². The van der Waals surface area contributed by atoms with Crippen LogP contribution in [0.1, 0.15) is 25.5 Å². The molecule has 0 aliphatic rings. The van der Waals surface area contributed by atoms with Crippen molar-refractivity contribution in [2.75, 3.05) is 11.9 Å². The second-order valence-electron chi connectivity index (χ2n) is 4.17. The molecule has 0 fully saturated rings. The maximum absolute atomic E-state index is 4.49. The summed E-state index contributed by atoms with van der Waals surface area (Å²) < 4.78 is 3.88. The standard InChI is InChI=1S/C12H19N5/c1-4-5-7-13-12-15-10(2)9-17(12)11-6-8-14-16(11)3/h6,8-9H,4-5,7H2,1-3H3,(H,13,15). The molecule has 0 aromatic carbocycles. The van der Waals surface area contributed by atoms with Gasteiger partial charge in [-0.05, 0) is 13.3 Å². The maximum atomic E-state index is 4.49. The minimum absolute atomic E-state index is 0.888. The molecule has 92 valence electrons. The van der Waals surface area contributed by atoms with Gasteiger partial charge in [0.2, 0.25) is 5.95 Å². The van der Waals surface area contributed by atoms with Crippen LogP contribution in [0, 0.1) is 6.92 Å². The average molecular weight is 233 g/mol. The lowest BCUT2D eigenvalue weighted by atomic mass is 10.3. The van der Waals surface area contributed by atoms with E-state index >= 15 is 0 Å². The van der Waals surface area contributed by atoms with E-state index < -0.39 is 0 Å². The minimum Gasteiger partial charge on any atom is -0.355 e. The van der Waals surface area contributed by atoms with Crippen molar-refractivity contribution in [3.63, 3.8) is 0 Å². The molecule has 2 rings (SSSR count). The maximum Gasteiger partial charge on any atom is 0.208 e. The molecule has 0 saturated heterocycles. The zero-order chi connectivity index (χ0) is 12.3. The molecule has 2 heterocycles. The highest BCUT2D eigenvalue weighted by Gasteiger charge is 2.09. The fourth-order valence-electron chi connectivity index (χ4n) is 1.78. The van der Waals surface area contributed by atoms with Crippen molar-refractivity contribution in [1.82, 2.24) is 19.3 Å². The Morgan fingerprint density at radius 3 is 2.88 bits per heavy atom. The van der Waals surface area contributed by atoms with Crippen LogP contribution in [0.4, 0.5) is 5.95 Å². The van der Waals surface area contributed by atoms with E-state index in [1.54, 1.807) is 6.20 Å². The second-order valence-corrected chi connectivity index (χ2v) is 4.17. The number of imidazole rings is 1. The summed E-state index contributed by atoms with van der Waals surface area (Å²) >= 11 is 0. The van der Waals surface area contributed by atoms with Crippen LogP contribution in [0.5, 0.6) is 0 Å². The third-order valence-electron chi connectivity index (χ3n) is 2.68. The fraction of sp³-hybridized carbons (Fsp3) is 0.500. The van der Waals surface area contributed by atoms with Crippen LogP contribution in [0.15, 0.2) is 18.5 Å². The summed E-state index contributed by atoms with van der Waals surface area (Å²) in [7, 11) is 1.93. The molecule has 1 N–H and O–H groups in total. The molecule has 0 atom stereocenters. The number of hydrogen-bond donors (Lipinski definition) is 1. The molecular formula is C12H19N5. The Morgan fingerprint density at radius 2 is 2.24 bits per heavy atom. The molecule has 2 aromatic rings. The Balaban J connectivity index is 2.25. The van der Waals surface area contributed by atoms with Gasteiger partial charge in [-0.25, -0.2) is 4.98 Å². The van der Waals surface area contributed by atoms with Crippen molar-refractivity contribution in [3.8, 4) is 5.82 Å². The predicted molar refractivity (Wildman–Crippen MR) is 68.5 cm³/mol. The number of aryl methyl sites for hydroxylation is 2. The molecule has 0 aliphatic heterocycles. The van der Waals surface area contributed by atoms with Gasteiger partial charge in [0.15, 0.2) is 0 Å². The molecule has 0 saturated carbocycles. The minimum atomic E-state index is 0.888. The smallest absolute Gasteiger partial charge is 0.208 e. The van der Waals surface area contributed by atoms with E-state index in [0.717, 1.165) is 30.4 Å². The van der Waals surface area contributed by atoms with E-state index in [-0.39, 0.29) is 0 Å². The first-order valence-electron chi connectivity index (χ1n) is 6.00. The number of anilines is 1. The number of rotatable bonds is 5. The van der Waals surface area contributed by atoms with Gasteiger partial charge in [0.1, 0.15) is 5.82 Å². The topological polar surface area (TPSA) is 47.7 Å². The zero-order valence-electron chi connectivity index (χ0n) is 10.6. The summed E-state index contributed by atoms with van der Waals surface area (Å²) in [4.78, 5) is 4.49. The average Bonchev–Trinajstić information content (AvgIpc) is 2.85. The quantitative estimate of drug-likeness (QED) is 0.805. The first-order chi connectivity index (χ1) is 8.22. The lowest BCUT2D eigenvalue weighted by Gasteiger charge is -2.09. The van der Waals surface area contributed by atoms with E-state index in [1.165, 1.54) is 6.42 Å². The molecule has 2 aromatic heterocycles. The van der Waals surface area contributed by atoms with Crippen molar-refractivity contribution >= 4 is 5.95 Å². The van der Waals surface area contributed by atoms with Gasteiger partial charge < -0.3 is 5.32 Å². The van der Waals surface area contributed by atoms with Crippen LogP contribution in [-0.2, 0) is 7.05 Å². The molecule has 17 heavy (non-hydrogen) atoms. The van der Waals surface area contributed by atoms with Gasteiger partial charge >= 0.3 is 0 Å². The van der Waals surface area contributed by atoms with E-state index in [9.17, 15) is 0 Å². The van der Waals surface area contributed by atoms with Gasteiger partial charge in [0, 0.05) is 25.9 Å². The van der Waals surface area contributed by atoms with Crippen LogP contribution < -0.4 is 5.32 Å². The van der Waals surface area contributed by atoms with E-state index in [0.29, 0.717) is 0 Å². The molecule has 0 radical (unpaired) electrons. The molecule has 0 unspecified atom stereocenters. The van der Waals surface area contributed by atoms with Gasteiger partial charge in [-0.3, -0.25) is 9.25 Å². The Kier molecular flexibility index (Phi) is 3.46. The first kappa shape index (κ1) is 11.7. The largest absolute Gasteiger partial charge is 0.355 e. The molecule has 0 bridgehead atoms. The molecule has 5 nitrogen and oxygen atoms in total. The van der Waals surface area contributed by atoms with Crippen molar-refractivity contribution in [2.24, 2.45) is 7.05 Å². The van der Waals surface area contributed by atoms with Crippen LogP contribution >= 0.6 is 0 Å². The third kappa shape index (κ3) is 2.49. The molecule has 0 amide bonds. The summed E-state index contributed by atoms with van der Waals surface area (Å²) in [6.07, 6.45) is 6.14. The van der Waals surface area contributed by atoms with Gasteiger partial charge in [-0.1, -0.05) is 13.3 Å². The second kappa shape index (κ2) is 5.03. The summed E-state index contributed by atoms with van der Waals surface area (Å²) in [5.41, 5.74) is 1.00. The number of nitrogens with one attached hydrogen (secondary N) is 1. The van der Waals surface area contributed by atoms with Gasteiger partial charge in [0.25, 0.3) is 0 Å². The molecule has 0 spiro atoms. The van der Waals surface area contributed by atoms with Crippen molar-refractivity contribution in [2.45, 2.75) is 26.7 Å². The van der Waals surface area contributed by atoms with E-state index in [4.69, 9.17) is 0 Å². The van der Waals surface area contributed by atoms with E-state index in [2.05, 4.69) is 22.3 Å². The van der Waals surface area contributed by atoms with Crippen LogP contribution in [0.3, 0.4) is 0 Å². The Hall–Kier alpha value is -1.78. The summed E-state index contributed by atoms with van der Waals surface area (Å²) in [5.74, 6) is 1.91. The highest BCUT2D eigenvalue weighted by Crippen LogP contribution is 2.15.